The van der Waals surface area contributed by atoms with Gasteiger partial charge in [-0.2, -0.15) is 35.4 Å². The van der Waals surface area contributed by atoms with Crippen molar-refractivity contribution in [1.82, 2.24) is 0 Å². The molecule has 1 rings (SSSR count). The van der Waals surface area contributed by atoms with Crippen molar-refractivity contribution in [1.29, 1.82) is 0 Å². The number of halogens is 1. The molecule has 3 nitrogen and oxygen atoms in total. The van der Waals surface area contributed by atoms with Gasteiger partial charge in [0, 0.05) is 6.04 Å². The van der Waals surface area contributed by atoms with Crippen LogP contribution in [0.3, 0.4) is 0 Å². The number of nitrogens with two attached hydrogens (primary N) is 1. The van der Waals surface area contributed by atoms with E-state index in [0.717, 1.165) is 0 Å². The van der Waals surface area contributed by atoms with Crippen molar-refractivity contribution < 1.29 is 27.2 Å². The second-order valence-corrected chi connectivity index (χ2v) is 4.07. The Labute approximate surface area is 123 Å². The molecule has 1 aromatic rings. The van der Waals surface area contributed by atoms with Crippen molar-refractivity contribution in [3.05, 3.63) is 35.4 Å². The predicted octanol–water partition coefficient (Wildman–Crippen LogP) is 1.69. The third-order valence-electron chi connectivity index (χ3n) is 2.03. The molecular formula is C13H19ClNO2Ru. The van der Waals surface area contributed by atoms with Gasteiger partial charge in [0.1, 0.15) is 0 Å². The van der Waals surface area contributed by atoms with Crippen LogP contribution < -0.4 is 10.8 Å². The van der Waals surface area contributed by atoms with Gasteiger partial charge in [0.2, 0.25) is 0 Å². The molecule has 18 heavy (non-hydrogen) atoms. The van der Waals surface area contributed by atoms with Gasteiger partial charge in [0.25, 0.3) is 0 Å². The fourth-order valence-electron chi connectivity index (χ4n) is 0.874. The van der Waals surface area contributed by atoms with Crippen LogP contribution >= 0.6 is 9.69 Å². The quantitative estimate of drug-likeness (QED) is 0.647. The third-order valence-corrected chi connectivity index (χ3v) is 2.03. The first-order valence-corrected chi connectivity index (χ1v) is 7.66. The molecule has 2 N–H and O–H groups in total. The van der Waals surface area contributed by atoms with E-state index < -0.39 is 12.0 Å². The van der Waals surface area contributed by atoms with E-state index in [1.165, 1.54) is 18.1 Å². The molecule has 0 radical (unpaired) electrons. The van der Waals surface area contributed by atoms with Crippen LogP contribution in [0.4, 0.5) is 0 Å². The van der Waals surface area contributed by atoms with E-state index in [0.29, 0.717) is 5.92 Å². The van der Waals surface area contributed by atoms with Gasteiger partial charge < -0.3 is 15.6 Å². The van der Waals surface area contributed by atoms with Crippen molar-refractivity contribution >= 4 is 15.7 Å². The van der Waals surface area contributed by atoms with Gasteiger partial charge in [-0.15, -0.1) is 0 Å². The normalized spacial score (nSPS) is 10.6. The van der Waals surface area contributed by atoms with Crippen molar-refractivity contribution in [2.24, 2.45) is 5.73 Å². The van der Waals surface area contributed by atoms with Gasteiger partial charge in [-0.25, -0.2) is 0 Å². The Kier molecular flexibility index (Phi) is 12.9. The van der Waals surface area contributed by atoms with E-state index in [9.17, 15) is 9.90 Å². The first-order valence-electron chi connectivity index (χ1n) is 5.42. The molecule has 0 aliphatic heterocycles. The molecule has 1 atom stereocenters. The average Bonchev–Trinajstić information content (AvgIpc) is 2.32. The summed E-state index contributed by atoms with van der Waals surface area (Å²) in [6.45, 7) is 7.80. The van der Waals surface area contributed by atoms with Crippen LogP contribution in [-0.4, -0.2) is 12.0 Å². The maximum absolute atomic E-state index is 9.46. The monoisotopic (exact) mass is 358 g/mol. The summed E-state index contributed by atoms with van der Waals surface area (Å²) in [7, 11) is 4.57. The summed E-state index contributed by atoms with van der Waals surface area (Å²) in [5.41, 5.74) is 7.35. The number of benzene rings is 1. The van der Waals surface area contributed by atoms with Gasteiger partial charge in [0.15, 0.2) is 0 Å². The number of hydrogen-bond donors (Lipinski definition) is 1. The Hall–Kier alpha value is -0.437. The molecule has 103 valence electrons. The SMILES string of the molecule is C[C@H](N)C(=O)[O-].Cc1[c-]cc(C(C)C)cc1.[Cl][Ru+2]. The number of carbonyl (C=O) groups is 1. The molecule has 0 saturated carbocycles. The second kappa shape index (κ2) is 11.6. The predicted molar refractivity (Wildman–Crippen MR) is 68.6 cm³/mol. The molecule has 0 aromatic heterocycles. The summed E-state index contributed by atoms with van der Waals surface area (Å²) in [6.07, 6.45) is 0. The zero-order valence-corrected chi connectivity index (χ0v) is 13.5. The average molecular weight is 358 g/mol. The molecule has 0 fully saturated rings. The molecule has 0 spiro atoms. The molecule has 5 heteroatoms. The van der Waals surface area contributed by atoms with Gasteiger partial charge >= 0.3 is 27.0 Å². The minimum atomic E-state index is -1.21. The van der Waals surface area contributed by atoms with E-state index in [2.05, 4.69) is 54.7 Å². The molecule has 0 amide bonds. The molecule has 0 heterocycles. The first-order chi connectivity index (χ1) is 8.34. The Morgan fingerprint density at radius 1 is 1.39 bits per heavy atom. The molecule has 0 unspecified atom stereocenters. The molecule has 0 saturated heterocycles. The molecular weight excluding hydrogens is 339 g/mol. The van der Waals surface area contributed by atoms with Crippen molar-refractivity contribution in [2.75, 3.05) is 0 Å². The first kappa shape index (κ1) is 19.9. The van der Waals surface area contributed by atoms with E-state index >= 15 is 0 Å². The van der Waals surface area contributed by atoms with E-state index in [1.807, 2.05) is 17.3 Å². The van der Waals surface area contributed by atoms with Crippen LogP contribution in [0.1, 0.15) is 37.8 Å². The van der Waals surface area contributed by atoms with Gasteiger partial charge in [0.05, 0.1) is 5.97 Å². The van der Waals surface area contributed by atoms with Crippen molar-refractivity contribution in [2.45, 2.75) is 39.7 Å². The van der Waals surface area contributed by atoms with Crippen LogP contribution in [0.25, 0.3) is 0 Å². The number of hydrogen-bond acceptors (Lipinski definition) is 3. The Morgan fingerprint density at radius 3 is 2.06 bits per heavy atom. The number of carbonyl (C=O) groups excluding carboxylic acids is 1. The number of rotatable bonds is 2. The molecule has 0 aliphatic carbocycles. The van der Waals surface area contributed by atoms with E-state index in [1.54, 1.807) is 0 Å². The van der Waals surface area contributed by atoms with Crippen LogP contribution in [0.15, 0.2) is 18.2 Å². The van der Waals surface area contributed by atoms with Gasteiger partial charge in [-0.05, 0) is 6.92 Å². The fourth-order valence-corrected chi connectivity index (χ4v) is 0.874. The Bertz CT molecular complexity index is 326. The maximum atomic E-state index is 9.46. The van der Waals surface area contributed by atoms with Crippen LogP contribution in [0, 0.1) is 13.0 Å². The van der Waals surface area contributed by atoms with Crippen molar-refractivity contribution in [3.63, 3.8) is 0 Å². The summed E-state index contributed by atoms with van der Waals surface area (Å²) in [5.74, 6) is -0.591. The van der Waals surface area contributed by atoms with Crippen molar-refractivity contribution in [3.8, 4) is 0 Å². The van der Waals surface area contributed by atoms with Gasteiger partial charge in [-0.3, -0.25) is 0 Å². The molecule has 0 aliphatic rings. The molecule has 1 aromatic carbocycles. The summed E-state index contributed by atoms with van der Waals surface area (Å²) in [6, 6.07) is 8.68. The standard InChI is InChI=1S/C10H13.C3H7NO2.ClH.Ru/c1-8(2)10-6-4-9(3)5-7-10;1-2(4)3(5)6;;/h4,6-8H,1-3H3;2H,4H2,1H3,(H,5,6);1H;/q-1;;;+3/p-2/t;2-;;/m.0../s1. The fraction of sp³-hybridized carbons (Fsp3) is 0.462. The number of aliphatic carboxylic acids is 1. The Balaban J connectivity index is 0. The number of aryl methyl sites for hydroxylation is 1. The molecule has 0 bridgehead atoms. The zero-order chi connectivity index (χ0) is 14.7. The van der Waals surface area contributed by atoms with Crippen LogP contribution in [0.5, 0.6) is 0 Å². The summed E-state index contributed by atoms with van der Waals surface area (Å²) >= 11 is 1.82. The minimum absolute atomic E-state index is 0.622. The second-order valence-electron chi connectivity index (χ2n) is 4.07. The number of carboxylic acids is 1. The van der Waals surface area contributed by atoms with Crippen LogP contribution in [-0.2, 0) is 22.1 Å². The summed E-state index contributed by atoms with van der Waals surface area (Å²) in [5, 5.41) is 9.46. The topological polar surface area (TPSA) is 66.2 Å². The van der Waals surface area contributed by atoms with E-state index in [-0.39, 0.29) is 0 Å². The van der Waals surface area contributed by atoms with E-state index in [4.69, 9.17) is 5.73 Å². The number of carboxylic acid groups (broad SMARTS) is 1. The third kappa shape index (κ3) is 10.7. The summed E-state index contributed by atoms with van der Waals surface area (Å²) < 4.78 is 0. The Morgan fingerprint density at radius 2 is 1.83 bits per heavy atom. The van der Waals surface area contributed by atoms with Gasteiger partial charge in [-0.1, -0.05) is 26.7 Å². The van der Waals surface area contributed by atoms with Crippen LogP contribution in [0.2, 0.25) is 0 Å². The zero-order valence-electron chi connectivity index (χ0n) is 11.0. The summed E-state index contributed by atoms with van der Waals surface area (Å²) in [4.78, 5) is 9.46.